The first-order valence-corrected chi connectivity index (χ1v) is 4.97. The van der Waals surface area contributed by atoms with Gasteiger partial charge in [0.1, 0.15) is 0 Å². The zero-order valence-electron chi connectivity index (χ0n) is 8.62. The van der Waals surface area contributed by atoms with Crippen molar-refractivity contribution in [3.8, 4) is 6.07 Å². The molecular weight excluding hydrogens is 178 g/mol. The van der Waals surface area contributed by atoms with Crippen molar-refractivity contribution in [1.82, 2.24) is 4.90 Å². The molecule has 2 N–H and O–H groups in total. The second kappa shape index (κ2) is 4.43. The number of rotatable bonds is 4. The van der Waals surface area contributed by atoms with Crippen LogP contribution < -0.4 is 5.73 Å². The van der Waals surface area contributed by atoms with E-state index in [0.717, 1.165) is 19.3 Å². The molecule has 0 radical (unpaired) electrons. The molecule has 0 spiro atoms. The summed E-state index contributed by atoms with van der Waals surface area (Å²) in [6.45, 7) is 0.505. The Morgan fingerprint density at radius 1 is 1.64 bits per heavy atom. The summed E-state index contributed by atoms with van der Waals surface area (Å²) in [7, 11) is 1.72. The lowest BCUT2D eigenvalue weighted by Crippen LogP contribution is -2.50. The largest absolute Gasteiger partial charge is 0.345 e. The van der Waals surface area contributed by atoms with Gasteiger partial charge in [0.15, 0.2) is 0 Å². The first-order valence-electron chi connectivity index (χ1n) is 4.97. The first-order chi connectivity index (χ1) is 6.57. The fourth-order valence-corrected chi connectivity index (χ4v) is 1.59. The van der Waals surface area contributed by atoms with Crippen LogP contribution in [0.15, 0.2) is 0 Å². The molecule has 14 heavy (non-hydrogen) atoms. The zero-order valence-corrected chi connectivity index (χ0v) is 8.62. The molecule has 1 amide bonds. The summed E-state index contributed by atoms with van der Waals surface area (Å²) in [5.41, 5.74) is 5.71. The number of carbonyl (C=O) groups excluding carboxylic acids is 1. The van der Waals surface area contributed by atoms with Crippen LogP contribution in [0.1, 0.15) is 32.1 Å². The summed E-state index contributed by atoms with van der Waals surface area (Å²) in [5, 5.41) is 8.37. The van der Waals surface area contributed by atoms with Crippen molar-refractivity contribution in [3.63, 3.8) is 0 Å². The Hall–Kier alpha value is -1.08. The lowest BCUT2D eigenvalue weighted by molar-refractivity contribution is -0.131. The highest BCUT2D eigenvalue weighted by Gasteiger charge is 2.35. The Morgan fingerprint density at radius 3 is 2.71 bits per heavy atom. The van der Waals surface area contributed by atoms with Crippen LogP contribution in [0.3, 0.4) is 0 Å². The van der Waals surface area contributed by atoms with Gasteiger partial charge in [-0.2, -0.15) is 5.26 Å². The van der Waals surface area contributed by atoms with E-state index < -0.39 is 0 Å². The van der Waals surface area contributed by atoms with Gasteiger partial charge in [0.25, 0.3) is 0 Å². The van der Waals surface area contributed by atoms with Crippen LogP contribution >= 0.6 is 0 Å². The number of hydrogen-bond donors (Lipinski definition) is 1. The Labute approximate surface area is 84.7 Å². The third-order valence-electron chi connectivity index (χ3n) is 2.84. The van der Waals surface area contributed by atoms with Gasteiger partial charge in [-0.25, -0.2) is 0 Å². The van der Waals surface area contributed by atoms with Crippen molar-refractivity contribution in [1.29, 1.82) is 5.26 Å². The molecule has 0 heterocycles. The molecule has 0 saturated heterocycles. The topological polar surface area (TPSA) is 70.1 Å². The molecule has 0 bridgehead atoms. The average molecular weight is 195 g/mol. The summed E-state index contributed by atoms with van der Waals surface area (Å²) in [5.74, 6) is 0.0578. The molecule has 0 aliphatic heterocycles. The normalized spacial score (nSPS) is 18.1. The van der Waals surface area contributed by atoms with Crippen molar-refractivity contribution in [2.24, 2.45) is 5.73 Å². The smallest absolute Gasteiger partial charge is 0.224 e. The standard InChI is InChI=1S/C10H17N3O/c1-13(7-3-6-11)9(14)8-10(12)4-2-5-10/h2-5,7-8,12H2,1H3. The van der Waals surface area contributed by atoms with Crippen molar-refractivity contribution < 1.29 is 4.79 Å². The number of hydrogen-bond acceptors (Lipinski definition) is 3. The molecule has 0 unspecified atom stereocenters. The number of nitrogens with zero attached hydrogens (tertiary/aromatic N) is 2. The van der Waals surface area contributed by atoms with Crippen LogP contribution in [0.5, 0.6) is 0 Å². The molecule has 78 valence electrons. The van der Waals surface area contributed by atoms with Gasteiger partial charge in [0.05, 0.1) is 12.5 Å². The molecule has 0 aromatic rings. The first kappa shape index (κ1) is 11.0. The van der Waals surface area contributed by atoms with Crippen molar-refractivity contribution >= 4 is 5.91 Å². The van der Waals surface area contributed by atoms with Crippen LogP contribution in [0, 0.1) is 11.3 Å². The van der Waals surface area contributed by atoms with Gasteiger partial charge in [-0.15, -0.1) is 0 Å². The minimum absolute atomic E-state index is 0.0578. The van der Waals surface area contributed by atoms with Crippen LogP contribution in [0.4, 0.5) is 0 Å². The van der Waals surface area contributed by atoms with Crippen LogP contribution in [0.25, 0.3) is 0 Å². The third-order valence-corrected chi connectivity index (χ3v) is 2.84. The Kier molecular flexibility index (Phi) is 3.48. The lowest BCUT2D eigenvalue weighted by Gasteiger charge is -2.38. The molecule has 1 fully saturated rings. The fourth-order valence-electron chi connectivity index (χ4n) is 1.59. The maximum absolute atomic E-state index is 11.6. The van der Waals surface area contributed by atoms with Gasteiger partial charge in [0, 0.05) is 25.6 Å². The van der Waals surface area contributed by atoms with E-state index in [4.69, 9.17) is 11.0 Å². The molecule has 1 saturated carbocycles. The van der Waals surface area contributed by atoms with Gasteiger partial charge in [-0.1, -0.05) is 0 Å². The predicted molar refractivity (Wildman–Crippen MR) is 53.3 cm³/mol. The average Bonchev–Trinajstić information content (AvgIpc) is 2.11. The molecule has 1 aliphatic carbocycles. The van der Waals surface area contributed by atoms with Crippen molar-refractivity contribution in [2.75, 3.05) is 13.6 Å². The van der Waals surface area contributed by atoms with E-state index in [9.17, 15) is 4.79 Å². The maximum atomic E-state index is 11.6. The SMILES string of the molecule is CN(CCC#N)C(=O)CC1(N)CCC1. The van der Waals surface area contributed by atoms with E-state index in [2.05, 4.69) is 0 Å². The Bertz CT molecular complexity index is 253. The highest BCUT2D eigenvalue weighted by atomic mass is 16.2. The molecule has 4 heteroatoms. The summed E-state index contributed by atoms with van der Waals surface area (Å²) in [6, 6.07) is 2.02. The van der Waals surface area contributed by atoms with Crippen LogP contribution in [-0.4, -0.2) is 29.9 Å². The molecule has 0 aromatic carbocycles. The Morgan fingerprint density at radius 2 is 2.29 bits per heavy atom. The summed E-state index contributed by atoms with van der Waals surface area (Å²) < 4.78 is 0. The number of carbonyl (C=O) groups is 1. The number of nitrogens with two attached hydrogens (primary N) is 1. The van der Waals surface area contributed by atoms with E-state index in [0.29, 0.717) is 19.4 Å². The number of nitriles is 1. The minimum atomic E-state index is -0.252. The molecule has 0 atom stereocenters. The monoisotopic (exact) mass is 195 g/mol. The summed E-state index contributed by atoms with van der Waals surface area (Å²) >= 11 is 0. The van der Waals surface area contributed by atoms with E-state index in [1.165, 1.54) is 0 Å². The minimum Gasteiger partial charge on any atom is -0.345 e. The highest BCUT2D eigenvalue weighted by Crippen LogP contribution is 2.32. The molecule has 1 aliphatic rings. The van der Waals surface area contributed by atoms with Crippen LogP contribution in [0.2, 0.25) is 0 Å². The maximum Gasteiger partial charge on any atom is 0.224 e. The van der Waals surface area contributed by atoms with Crippen LogP contribution in [-0.2, 0) is 4.79 Å². The van der Waals surface area contributed by atoms with Gasteiger partial charge in [0.2, 0.25) is 5.91 Å². The fraction of sp³-hybridized carbons (Fsp3) is 0.800. The van der Waals surface area contributed by atoms with Gasteiger partial charge in [-0.3, -0.25) is 4.79 Å². The number of amides is 1. The summed E-state index contributed by atoms with van der Waals surface area (Å²) in [6.07, 6.45) is 3.84. The van der Waals surface area contributed by atoms with Gasteiger partial charge >= 0.3 is 0 Å². The summed E-state index contributed by atoms with van der Waals surface area (Å²) in [4.78, 5) is 13.2. The zero-order chi connectivity index (χ0) is 10.6. The second-order valence-corrected chi connectivity index (χ2v) is 4.12. The van der Waals surface area contributed by atoms with Crippen molar-refractivity contribution in [2.45, 2.75) is 37.6 Å². The second-order valence-electron chi connectivity index (χ2n) is 4.12. The Balaban J connectivity index is 2.30. The third kappa shape index (κ3) is 2.71. The van der Waals surface area contributed by atoms with E-state index in [-0.39, 0.29) is 11.4 Å². The predicted octanol–water partition coefficient (Wildman–Crippen LogP) is 0.630. The van der Waals surface area contributed by atoms with E-state index in [1.54, 1.807) is 11.9 Å². The molecule has 0 aromatic heterocycles. The highest BCUT2D eigenvalue weighted by molar-refractivity contribution is 5.77. The quantitative estimate of drug-likeness (QED) is 0.715. The molecule has 4 nitrogen and oxygen atoms in total. The van der Waals surface area contributed by atoms with E-state index >= 15 is 0 Å². The van der Waals surface area contributed by atoms with E-state index in [1.807, 2.05) is 6.07 Å². The lowest BCUT2D eigenvalue weighted by atomic mass is 9.75. The molecule has 1 rings (SSSR count). The van der Waals surface area contributed by atoms with Gasteiger partial charge in [-0.05, 0) is 19.3 Å². The molecular formula is C10H17N3O. The van der Waals surface area contributed by atoms with Crippen molar-refractivity contribution in [3.05, 3.63) is 0 Å². The van der Waals surface area contributed by atoms with Gasteiger partial charge < -0.3 is 10.6 Å².